The molecule has 1 aromatic rings. The van der Waals surface area contributed by atoms with Gasteiger partial charge in [-0.1, -0.05) is 6.92 Å². The molecule has 1 heterocycles. The Hall–Kier alpha value is -1.91. The van der Waals surface area contributed by atoms with Gasteiger partial charge in [0.2, 0.25) is 0 Å². The number of hydrogen-bond donors (Lipinski definition) is 0. The van der Waals surface area contributed by atoms with E-state index >= 15 is 0 Å². The third-order valence-electron chi connectivity index (χ3n) is 1.89. The average Bonchev–Trinajstić information content (AvgIpc) is 2.14. The van der Waals surface area contributed by atoms with Crippen molar-refractivity contribution in [1.82, 2.24) is 0 Å². The molecule has 86 valence electrons. The smallest absolute Gasteiger partial charge is 0.350 e. The maximum atomic E-state index is 11.5. The molecule has 5 nitrogen and oxygen atoms in total. The molecule has 0 atom stereocenters. The van der Waals surface area contributed by atoms with E-state index in [1.54, 1.807) is 6.92 Å². The molecule has 0 spiro atoms. The Morgan fingerprint density at radius 2 is 2.06 bits per heavy atom. The Labute approximate surface area is 92.0 Å². The van der Waals surface area contributed by atoms with Crippen LogP contribution in [0.25, 0.3) is 0 Å². The van der Waals surface area contributed by atoms with Crippen LogP contribution in [-0.2, 0) is 4.79 Å². The van der Waals surface area contributed by atoms with Gasteiger partial charge in [-0.15, -0.1) is 0 Å². The average molecular weight is 224 g/mol. The molecule has 0 radical (unpaired) electrons. The van der Waals surface area contributed by atoms with E-state index in [4.69, 9.17) is 9.15 Å². The highest BCUT2D eigenvalue weighted by molar-refractivity contribution is 5.98. The predicted octanol–water partition coefficient (Wildman–Crippen LogP) is 1.47. The first-order valence-corrected chi connectivity index (χ1v) is 4.82. The summed E-state index contributed by atoms with van der Waals surface area (Å²) in [5.74, 6) is -0.748. The lowest BCUT2D eigenvalue weighted by Crippen LogP contribution is -2.17. The van der Waals surface area contributed by atoms with Crippen molar-refractivity contribution in [2.24, 2.45) is 0 Å². The van der Waals surface area contributed by atoms with Gasteiger partial charge in [-0.25, -0.2) is 4.79 Å². The van der Waals surface area contributed by atoms with Crippen molar-refractivity contribution in [1.29, 1.82) is 0 Å². The second-order valence-corrected chi connectivity index (χ2v) is 3.25. The molecule has 0 N–H and O–H groups in total. The second kappa shape index (κ2) is 4.74. The SMILES string of the molecule is CCC(=O)c1c(OC(C)=O)cc(C)oc1=O. The fraction of sp³-hybridized carbons (Fsp3) is 0.364. The monoisotopic (exact) mass is 224 g/mol. The van der Waals surface area contributed by atoms with Crippen LogP contribution in [0.5, 0.6) is 5.75 Å². The molecule has 1 aromatic heterocycles. The van der Waals surface area contributed by atoms with E-state index in [1.807, 2.05) is 0 Å². The Morgan fingerprint density at radius 1 is 1.44 bits per heavy atom. The second-order valence-electron chi connectivity index (χ2n) is 3.25. The summed E-state index contributed by atoms with van der Waals surface area (Å²) in [6, 6.07) is 1.35. The van der Waals surface area contributed by atoms with Crippen LogP contribution < -0.4 is 10.4 Å². The van der Waals surface area contributed by atoms with Crippen molar-refractivity contribution in [2.75, 3.05) is 0 Å². The molecule has 0 aliphatic rings. The maximum Gasteiger partial charge on any atom is 0.350 e. The lowest BCUT2D eigenvalue weighted by Gasteiger charge is -2.06. The molecular formula is C11H12O5. The van der Waals surface area contributed by atoms with Crippen LogP contribution in [0.3, 0.4) is 0 Å². The lowest BCUT2D eigenvalue weighted by atomic mass is 10.1. The standard InChI is InChI=1S/C11H12O5/c1-4-8(13)10-9(16-7(3)12)5-6(2)15-11(10)14/h5H,4H2,1-3H3. The lowest BCUT2D eigenvalue weighted by molar-refractivity contribution is -0.131. The molecule has 0 saturated heterocycles. The molecule has 1 rings (SSSR count). The van der Waals surface area contributed by atoms with E-state index in [1.165, 1.54) is 19.9 Å². The third kappa shape index (κ3) is 2.56. The Balaban J connectivity index is 3.37. The summed E-state index contributed by atoms with van der Waals surface area (Å²) in [5.41, 5.74) is -0.980. The molecule has 0 unspecified atom stereocenters. The van der Waals surface area contributed by atoms with Gasteiger partial charge in [-0.05, 0) is 6.92 Å². The van der Waals surface area contributed by atoms with Crippen LogP contribution >= 0.6 is 0 Å². The van der Waals surface area contributed by atoms with Gasteiger partial charge >= 0.3 is 11.6 Å². The van der Waals surface area contributed by atoms with Crippen LogP contribution in [0.2, 0.25) is 0 Å². The van der Waals surface area contributed by atoms with Crippen LogP contribution in [-0.4, -0.2) is 11.8 Å². The minimum absolute atomic E-state index is 0.0342. The predicted molar refractivity (Wildman–Crippen MR) is 55.6 cm³/mol. The number of Topliss-reactive ketones (excluding diaryl/α,β-unsaturated/α-hetero) is 1. The van der Waals surface area contributed by atoms with Crippen molar-refractivity contribution < 1.29 is 18.7 Å². The Kier molecular flexibility index (Phi) is 3.60. The third-order valence-corrected chi connectivity index (χ3v) is 1.89. The topological polar surface area (TPSA) is 73.6 Å². The minimum Gasteiger partial charge on any atom is -0.427 e. The zero-order valence-electron chi connectivity index (χ0n) is 9.33. The van der Waals surface area contributed by atoms with Crippen LogP contribution in [0.4, 0.5) is 0 Å². The first-order chi connectivity index (χ1) is 7.45. The van der Waals surface area contributed by atoms with Crippen molar-refractivity contribution in [2.45, 2.75) is 27.2 Å². The molecule has 0 aliphatic heterocycles. The number of hydrogen-bond acceptors (Lipinski definition) is 5. The highest BCUT2D eigenvalue weighted by Crippen LogP contribution is 2.18. The number of aryl methyl sites for hydroxylation is 1. The Bertz CT molecular complexity index is 484. The van der Waals surface area contributed by atoms with Crippen LogP contribution in [0.1, 0.15) is 36.4 Å². The number of carbonyl (C=O) groups is 2. The quantitative estimate of drug-likeness (QED) is 0.574. The molecule has 0 saturated carbocycles. The van der Waals surface area contributed by atoms with Gasteiger partial charge in [0.1, 0.15) is 11.3 Å². The van der Waals surface area contributed by atoms with Crippen LogP contribution in [0.15, 0.2) is 15.3 Å². The fourth-order valence-corrected chi connectivity index (χ4v) is 1.25. The zero-order chi connectivity index (χ0) is 12.3. The maximum absolute atomic E-state index is 11.5. The van der Waals surface area contributed by atoms with Gasteiger partial charge in [0, 0.05) is 19.4 Å². The summed E-state index contributed by atoms with van der Waals surface area (Å²) in [6.45, 7) is 4.35. The van der Waals surface area contributed by atoms with Gasteiger partial charge in [-0.3, -0.25) is 9.59 Å². The first-order valence-electron chi connectivity index (χ1n) is 4.82. The number of ketones is 1. The normalized spacial score (nSPS) is 9.94. The van der Waals surface area contributed by atoms with Gasteiger partial charge in [0.05, 0.1) is 0 Å². The molecular weight excluding hydrogens is 212 g/mol. The highest BCUT2D eigenvalue weighted by Gasteiger charge is 2.19. The van der Waals surface area contributed by atoms with E-state index in [0.717, 1.165) is 0 Å². The van der Waals surface area contributed by atoms with Crippen molar-refractivity contribution in [3.8, 4) is 5.75 Å². The van der Waals surface area contributed by atoms with Gasteiger partial charge in [0.25, 0.3) is 0 Å². The largest absolute Gasteiger partial charge is 0.427 e. The first kappa shape index (κ1) is 12.2. The minimum atomic E-state index is -0.775. The fourth-order valence-electron chi connectivity index (χ4n) is 1.25. The molecule has 5 heteroatoms. The molecule has 0 aromatic carbocycles. The van der Waals surface area contributed by atoms with E-state index in [-0.39, 0.29) is 23.5 Å². The summed E-state index contributed by atoms with van der Waals surface area (Å²) >= 11 is 0. The van der Waals surface area contributed by atoms with Crippen molar-refractivity contribution >= 4 is 11.8 Å². The number of rotatable bonds is 3. The number of carbonyl (C=O) groups excluding carboxylic acids is 2. The molecule has 0 fully saturated rings. The Morgan fingerprint density at radius 3 is 2.56 bits per heavy atom. The van der Waals surface area contributed by atoms with E-state index in [9.17, 15) is 14.4 Å². The van der Waals surface area contributed by atoms with Gasteiger partial charge in [0.15, 0.2) is 11.5 Å². The molecule has 0 amide bonds. The van der Waals surface area contributed by atoms with Crippen molar-refractivity contribution in [3.05, 3.63) is 27.8 Å². The molecule has 16 heavy (non-hydrogen) atoms. The highest BCUT2D eigenvalue weighted by atomic mass is 16.5. The van der Waals surface area contributed by atoms with Crippen LogP contribution in [0, 0.1) is 6.92 Å². The van der Waals surface area contributed by atoms with Gasteiger partial charge in [-0.2, -0.15) is 0 Å². The van der Waals surface area contributed by atoms with E-state index in [0.29, 0.717) is 0 Å². The molecule has 0 aliphatic carbocycles. The summed E-state index contributed by atoms with van der Waals surface area (Å²) < 4.78 is 9.60. The summed E-state index contributed by atoms with van der Waals surface area (Å²) in [6.07, 6.45) is 0.141. The number of ether oxygens (including phenoxy) is 1. The summed E-state index contributed by atoms with van der Waals surface area (Å²) in [4.78, 5) is 33.8. The van der Waals surface area contributed by atoms with Crippen molar-refractivity contribution in [3.63, 3.8) is 0 Å². The summed E-state index contributed by atoms with van der Waals surface area (Å²) in [7, 11) is 0. The van der Waals surface area contributed by atoms with Gasteiger partial charge < -0.3 is 9.15 Å². The summed E-state index contributed by atoms with van der Waals surface area (Å²) in [5, 5.41) is 0. The van der Waals surface area contributed by atoms with E-state index < -0.39 is 17.4 Å². The molecule has 0 bridgehead atoms. The zero-order valence-corrected chi connectivity index (χ0v) is 9.33. The van der Waals surface area contributed by atoms with E-state index in [2.05, 4.69) is 0 Å². The number of esters is 1.